The van der Waals surface area contributed by atoms with Gasteiger partial charge in [-0.25, -0.2) is 9.18 Å². The summed E-state index contributed by atoms with van der Waals surface area (Å²) in [5.41, 5.74) is 1.40. The van der Waals surface area contributed by atoms with Gasteiger partial charge < -0.3 is 15.1 Å². The maximum absolute atomic E-state index is 13.6. The van der Waals surface area contributed by atoms with Crippen molar-refractivity contribution in [1.29, 1.82) is 0 Å². The first-order chi connectivity index (χ1) is 11.7. The van der Waals surface area contributed by atoms with E-state index in [1.165, 1.54) is 11.8 Å². The number of rotatable bonds is 5. The summed E-state index contributed by atoms with van der Waals surface area (Å²) >= 11 is 0. The van der Waals surface area contributed by atoms with E-state index >= 15 is 0 Å². The first-order valence-corrected chi connectivity index (χ1v) is 8.31. The Morgan fingerprint density at radius 3 is 2.50 bits per heavy atom. The summed E-state index contributed by atoms with van der Waals surface area (Å²) < 4.78 is 13.6. The molecule has 1 saturated heterocycles. The molecular formula is C19H22FN3O. The van der Waals surface area contributed by atoms with E-state index in [0.29, 0.717) is 19.1 Å². The molecule has 0 aromatic heterocycles. The zero-order valence-electron chi connectivity index (χ0n) is 13.8. The fourth-order valence-corrected chi connectivity index (χ4v) is 2.96. The molecule has 24 heavy (non-hydrogen) atoms. The Balaban J connectivity index is 1.59. The zero-order valence-corrected chi connectivity index (χ0v) is 13.8. The third-order valence-corrected chi connectivity index (χ3v) is 4.26. The number of carbonyl (C=O) groups excluding carboxylic acids is 1. The Labute approximate surface area is 141 Å². The second kappa shape index (κ2) is 7.34. The Kier molecular flexibility index (Phi) is 4.99. The number of amides is 2. The van der Waals surface area contributed by atoms with Crippen molar-refractivity contribution in [3.8, 4) is 0 Å². The molecule has 0 spiro atoms. The summed E-state index contributed by atoms with van der Waals surface area (Å²) in [6.07, 6.45) is 1.05. The van der Waals surface area contributed by atoms with Crippen LogP contribution in [0, 0.1) is 5.82 Å². The fraction of sp³-hybridized carbons (Fsp3) is 0.316. The molecule has 5 heteroatoms. The van der Waals surface area contributed by atoms with Crippen LogP contribution in [0.4, 0.5) is 20.6 Å². The zero-order chi connectivity index (χ0) is 16.9. The molecule has 1 aliphatic heterocycles. The molecule has 0 bridgehead atoms. The highest BCUT2D eigenvalue weighted by Crippen LogP contribution is 2.24. The minimum absolute atomic E-state index is 0.222. The Hall–Kier alpha value is -2.56. The minimum Gasteiger partial charge on any atom is -0.365 e. The monoisotopic (exact) mass is 327 g/mol. The molecule has 2 amide bonds. The number of para-hydroxylation sites is 2. The van der Waals surface area contributed by atoms with Gasteiger partial charge in [-0.2, -0.15) is 0 Å². The van der Waals surface area contributed by atoms with E-state index in [-0.39, 0.29) is 11.7 Å². The summed E-state index contributed by atoms with van der Waals surface area (Å²) in [4.78, 5) is 16.3. The number of nitrogens with one attached hydrogen (secondary N) is 1. The molecular weight excluding hydrogens is 305 g/mol. The van der Waals surface area contributed by atoms with Crippen molar-refractivity contribution in [1.82, 2.24) is 4.90 Å². The minimum atomic E-state index is -0.417. The SMILES string of the molecule is CCCN(c1ccccc1)C1CN(C(=O)Nc2ccccc2F)C1. The van der Waals surface area contributed by atoms with Crippen LogP contribution in [0.1, 0.15) is 13.3 Å². The van der Waals surface area contributed by atoms with E-state index in [2.05, 4.69) is 29.3 Å². The highest BCUT2D eigenvalue weighted by molar-refractivity contribution is 5.90. The molecule has 0 atom stereocenters. The van der Waals surface area contributed by atoms with Crippen LogP contribution in [0.3, 0.4) is 0 Å². The van der Waals surface area contributed by atoms with E-state index in [1.807, 2.05) is 18.2 Å². The molecule has 1 N–H and O–H groups in total. The topological polar surface area (TPSA) is 35.6 Å². The number of halogens is 1. The smallest absolute Gasteiger partial charge is 0.322 e. The van der Waals surface area contributed by atoms with E-state index in [0.717, 1.165) is 13.0 Å². The van der Waals surface area contributed by atoms with Gasteiger partial charge in [0.25, 0.3) is 0 Å². The lowest BCUT2D eigenvalue weighted by Gasteiger charge is -2.46. The molecule has 2 aromatic carbocycles. The lowest BCUT2D eigenvalue weighted by molar-refractivity contribution is 0.161. The molecule has 1 heterocycles. The normalized spacial score (nSPS) is 14.2. The molecule has 1 fully saturated rings. The van der Waals surface area contributed by atoms with E-state index < -0.39 is 5.82 Å². The number of benzene rings is 2. The number of nitrogens with zero attached hydrogens (tertiary/aromatic N) is 2. The highest BCUT2D eigenvalue weighted by Gasteiger charge is 2.34. The molecule has 0 aliphatic carbocycles. The van der Waals surface area contributed by atoms with E-state index in [9.17, 15) is 9.18 Å². The second-order valence-corrected chi connectivity index (χ2v) is 6.00. The summed E-state index contributed by atoms with van der Waals surface area (Å²) in [6.45, 7) is 4.40. The Morgan fingerprint density at radius 1 is 1.17 bits per heavy atom. The van der Waals surface area contributed by atoms with Crippen LogP contribution >= 0.6 is 0 Å². The average Bonchev–Trinajstić information content (AvgIpc) is 2.56. The van der Waals surface area contributed by atoms with Gasteiger partial charge in [-0.05, 0) is 30.7 Å². The predicted octanol–water partition coefficient (Wildman–Crippen LogP) is 3.96. The van der Waals surface area contributed by atoms with Crippen molar-refractivity contribution in [2.24, 2.45) is 0 Å². The van der Waals surface area contributed by atoms with Crippen molar-refractivity contribution in [2.75, 3.05) is 29.9 Å². The lowest BCUT2D eigenvalue weighted by Crippen LogP contribution is -2.62. The fourth-order valence-electron chi connectivity index (χ4n) is 2.96. The van der Waals surface area contributed by atoms with Crippen molar-refractivity contribution in [3.05, 3.63) is 60.4 Å². The Bertz CT molecular complexity index is 686. The number of hydrogen-bond acceptors (Lipinski definition) is 2. The number of carbonyl (C=O) groups is 1. The van der Waals surface area contributed by atoms with Crippen LogP contribution in [0.2, 0.25) is 0 Å². The Morgan fingerprint density at radius 2 is 1.83 bits per heavy atom. The van der Waals surface area contributed by atoms with Crippen LogP contribution in [-0.4, -0.2) is 36.6 Å². The van der Waals surface area contributed by atoms with Gasteiger partial charge >= 0.3 is 6.03 Å². The third kappa shape index (κ3) is 3.50. The summed E-state index contributed by atoms with van der Waals surface area (Å²) in [5.74, 6) is -0.417. The van der Waals surface area contributed by atoms with Crippen molar-refractivity contribution >= 4 is 17.4 Å². The predicted molar refractivity (Wildman–Crippen MR) is 94.9 cm³/mol. The average molecular weight is 327 g/mol. The summed E-state index contributed by atoms with van der Waals surface area (Å²) in [6, 6.07) is 16.5. The summed E-state index contributed by atoms with van der Waals surface area (Å²) in [5, 5.41) is 2.64. The second-order valence-electron chi connectivity index (χ2n) is 6.00. The maximum atomic E-state index is 13.6. The molecule has 4 nitrogen and oxygen atoms in total. The summed E-state index contributed by atoms with van der Waals surface area (Å²) in [7, 11) is 0. The van der Waals surface area contributed by atoms with Gasteiger partial charge in [-0.1, -0.05) is 37.3 Å². The lowest BCUT2D eigenvalue weighted by atomic mass is 10.1. The highest BCUT2D eigenvalue weighted by atomic mass is 19.1. The molecule has 0 radical (unpaired) electrons. The third-order valence-electron chi connectivity index (χ3n) is 4.26. The first-order valence-electron chi connectivity index (χ1n) is 8.31. The number of likely N-dealkylation sites (tertiary alicyclic amines) is 1. The van der Waals surface area contributed by atoms with Crippen LogP contribution in [0.5, 0.6) is 0 Å². The number of hydrogen-bond donors (Lipinski definition) is 1. The van der Waals surface area contributed by atoms with Gasteiger partial charge in [0.1, 0.15) is 5.82 Å². The van der Waals surface area contributed by atoms with Crippen molar-refractivity contribution in [3.63, 3.8) is 0 Å². The van der Waals surface area contributed by atoms with Crippen LogP contribution in [-0.2, 0) is 0 Å². The van der Waals surface area contributed by atoms with Gasteiger partial charge in [-0.15, -0.1) is 0 Å². The standard InChI is InChI=1S/C19H22FN3O/c1-2-12-23(15-8-4-3-5-9-15)16-13-22(14-16)19(24)21-18-11-7-6-10-17(18)20/h3-11,16H,2,12-14H2,1H3,(H,21,24). The van der Waals surface area contributed by atoms with Gasteiger partial charge in [0.2, 0.25) is 0 Å². The number of urea groups is 1. The van der Waals surface area contributed by atoms with Gasteiger partial charge in [0, 0.05) is 25.3 Å². The molecule has 3 rings (SSSR count). The molecule has 0 unspecified atom stereocenters. The van der Waals surface area contributed by atoms with Gasteiger partial charge in [0.05, 0.1) is 11.7 Å². The van der Waals surface area contributed by atoms with E-state index in [1.54, 1.807) is 23.1 Å². The van der Waals surface area contributed by atoms with Crippen molar-refractivity contribution in [2.45, 2.75) is 19.4 Å². The van der Waals surface area contributed by atoms with Crippen LogP contribution < -0.4 is 10.2 Å². The van der Waals surface area contributed by atoms with E-state index in [4.69, 9.17) is 0 Å². The molecule has 0 saturated carbocycles. The number of anilines is 2. The first kappa shape index (κ1) is 16.3. The van der Waals surface area contributed by atoms with Gasteiger partial charge in [0.15, 0.2) is 0 Å². The molecule has 1 aliphatic rings. The quantitative estimate of drug-likeness (QED) is 0.902. The maximum Gasteiger partial charge on any atom is 0.322 e. The largest absolute Gasteiger partial charge is 0.365 e. The van der Waals surface area contributed by atoms with Gasteiger partial charge in [-0.3, -0.25) is 0 Å². The van der Waals surface area contributed by atoms with Crippen molar-refractivity contribution < 1.29 is 9.18 Å². The molecule has 126 valence electrons. The van der Waals surface area contributed by atoms with Crippen LogP contribution in [0.25, 0.3) is 0 Å². The van der Waals surface area contributed by atoms with Crippen LogP contribution in [0.15, 0.2) is 54.6 Å². The molecule has 2 aromatic rings.